The lowest BCUT2D eigenvalue weighted by atomic mass is 9.66. The summed E-state index contributed by atoms with van der Waals surface area (Å²) in [5.41, 5.74) is 1.01. The summed E-state index contributed by atoms with van der Waals surface area (Å²) in [7, 11) is -25.8. The maximum atomic E-state index is 12.7. The first kappa shape index (κ1) is 48.2. The molecular formula is C38H45N3O17S5. The number of aliphatic imine (C=N–C) groups is 1. The van der Waals surface area contributed by atoms with E-state index in [0.717, 1.165) is 23.4 Å². The molecule has 0 saturated carbocycles. The van der Waals surface area contributed by atoms with Gasteiger partial charge in [0.2, 0.25) is 4.58 Å². The Morgan fingerprint density at radius 1 is 0.778 bits per heavy atom. The number of hydrogen-bond donors (Lipinski definition) is 6. The average Bonchev–Trinajstić information content (AvgIpc) is 3.11. The first-order chi connectivity index (χ1) is 28.7. The number of hydrogen-bond acceptors (Lipinski definition) is 14. The van der Waals surface area contributed by atoms with Crippen molar-refractivity contribution < 1.29 is 74.8 Å². The number of aryl methyl sites for hydroxylation is 1. The highest BCUT2D eigenvalue weighted by Crippen LogP contribution is 2.50. The minimum absolute atomic E-state index is 0.0257. The van der Waals surface area contributed by atoms with Crippen molar-refractivity contribution in [2.45, 2.75) is 85.2 Å². The Bertz CT molecular complexity index is 3040. The minimum atomic E-state index is -5.47. The molecule has 3 aromatic rings. The zero-order valence-electron chi connectivity index (χ0n) is 34.1. The molecule has 63 heavy (non-hydrogen) atoms. The lowest BCUT2D eigenvalue weighted by molar-refractivity contribution is -0.137. The van der Waals surface area contributed by atoms with Crippen LogP contribution in [0.4, 0.5) is 11.4 Å². The Labute approximate surface area is 365 Å². The number of fused-ring (bicyclic) bond motifs is 4. The van der Waals surface area contributed by atoms with Crippen LogP contribution in [0.1, 0.15) is 85.9 Å². The largest absolute Gasteiger partial charge is 0.481 e. The van der Waals surface area contributed by atoms with Crippen molar-refractivity contribution in [2.75, 3.05) is 35.2 Å². The lowest BCUT2D eigenvalue weighted by Crippen LogP contribution is -2.46. The van der Waals surface area contributed by atoms with Crippen LogP contribution in [0.3, 0.4) is 0 Å². The van der Waals surface area contributed by atoms with Gasteiger partial charge in [0, 0.05) is 59.5 Å². The van der Waals surface area contributed by atoms with Crippen LogP contribution in [0.5, 0.6) is 0 Å². The summed E-state index contributed by atoms with van der Waals surface area (Å²) < 4.78 is 170. The first-order valence-corrected chi connectivity index (χ1v) is 26.5. The highest BCUT2D eigenvalue weighted by atomic mass is 32.3. The van der Waals surface area contributed by atoms with E-state index in [1.165, 1.54) is 12.1 Å². The van der Waals surface area contributed by atoms with E-state index >= 15 is 0 Å². The van der Waals surface area contributed by atoms with Crippen LogP contribution < -0.4 is 9.80 Å². The molecule has 0 aromatic heterocycles. The van der Waals surface area contributed by atoms with E-state index in [9.17, 15) is 74.8 Å². The van der Waals surface area contributed by atoms with Crippen molar-refractivity contribution in [1.29, 1.82) is 0 Å². The van der Waals surface area contributed by atoms with Crippen molar-refractivity contribution in [3.05, 3.63) is 87.5 Å². The Hall–Kier alpha value is -4.31. The number of carbonyl (C=O) groups is 1. The third-order valence-electron chi connectivity index (χ3n) is 11.4. The van der Waals surface area contributed by atoms with Gasteiger partial charge in [-0.1, -0.05) is 26.0 Å². The standard InChI is InChI=1S/C38H45N3O17S5/c1-37(2)18-24(21-59(44,45)46)26-15-28-30(17-32(26)41(37)20-23-9-10-25(60(47,48)49)14-33(23)61(50,51)52)38(3,4)29-16-31-22(7-5-11-40(31)12-6-8-34(42)43)13-27(29)36(28)39-19-35(62(53,54)55)63(56,57)58/h9-10,13-18,35H,5-8,11-12,19-21H2,1-4H3,(H,42,43)(H,44,45,46)(H,47,48,49)(H,50,51,52)(H,53,54,55)(H,56,57,58). The molecule has 2 heterocycles. The van der Waals surface area contributed by atoms with Gasteiger partial charge in [-0.05, 0) is 97.3 Å². The van der Waals surface area contributed by atoms with Crippen molar-refractivity contribution in [3.63, 3.8) is 0 Å². The smallest absolute Gasteiger partial charge is 0.303 e. The fourth-order valence-corrected chi connectivity index (χ4v) is 12.3. The quantitative estimate of drug-likeness (QED) is 0.126. The van der Waals surface area contributed by atoms with Gasteiger partial charge in [0.1, 0.15) is 10.6 Å². The fraction of sp³-hybridized carbons (Fsp3) is 0.421. The van der Waals surface area contributed by atoms with E-state index in [1.807, 2.05) is 24.8 Å². The Balaban J connectivity index is 1.66. The van der Waals surface area contributed by atoms with Crippen LogP contribution in [-0.2, 0) is 73.8 Å². The van der Waals surface area contributed by atoms with E-state index in [0.29, 0.717) is 55.1 Å². The number of carboxylic acid groups (broad SMARTS) is 1. The summed E-state index contributed by atoms with van der Waals surface area (Å²) >= 11 is 0. The number of benzene rings is 3. The molecule has 0 amide bonds. The van der Waals surface area contributed by atoms with E-state index in [4.69, 9.17) is 0 Å². The first-order valence-electron chi connectivity index (χ1n) is 19.0. The molecule has 3 aliphatic rings. The molecular weight excluding hydrogens is 931 g/mol. The van der Waals surface area contributed by atoms with E-state index in [1.54, 1.807) is 30.9 Å². The number of rotatable bonds is 14. The van der Waals surface area contributed by atoms with Crippen LogP contribution >= 0.6 is 0 Å². The van der Waals surface area contributed by atoms with Crippen molar-refractivity contribution in [2.24, 2.45) is 4.99 Å². The van der Waals surface area contributed by atoms with Gasteiger partial charge in [0.25, 0.3) is 50.6 Å². The second-order valence-electron chi connectivity index (χ2n) is 16.7. The average molecular weight is 976 g/mol. The monoisotopic (exact) mass is 975 g/mol. The van der Waals surface area contributed by atoms with Crippen LogP contribution in [0.25, 0.3) is 5.57 Å². The predicted octanol–water partition coefficient (Wildman–Crippen LogP) is 3.45. The molecule has 344 valence electrons. The molecule has 6 rings (SSSR count). The maximum absolute atomic E-state index is 12.7. The van der Waals surface area contributed by atoms with Crippen LogP contribution in [-0.4, -0.2) is 117 Å². The number of aliphatic carboxylic acids is 1. The third-order valence-corrected chi connectivity index (χ3v) is 17.0. The van der Waals surface area contributed by atoms with Gasteiger partial charge in [-0.2, -0.15) is 42.1 Å². The zero-order chi connectivity index (χ0) is 47.0. The number of anilines is 2. The molecule has 3 aromatic carbocycles. The van der Waals surface area contributed by atoms with Crippen LogP contribution in [0.2, 0.25) is 0 Å². The predicted molar refractivity (Wildman–Crippen MR) is 231 cm³/mol. The highest BCUT2D eigenvalue weighted by Gasteiger charge is 2.43. The minimum Gasteiger partial charge on any atom is -0.481 e. The van der Waals surface area contributed by atoms with Gasteiger partial charge < -0.3 is 14.9 Å². The van der Waals surface area contributed by atoms with Gasteiger partial charge in [-0.3, -0.25) is 32.6 Å². The molecule has 0 bridgehead atoms. The van der Waals surface area contributed by atoms with Crippen LogP contribution in [0.15, 0.2) is 63.3 Å². The molecule has 0 radical (unpaired) electrons. The number of carboxylic acids is 1. The fourth-order valence-electron chi connectivity index (χ4n) is 8.56. The van der Waals surface area contributed by atoms with Gasteiger partial charge >= 0.3 is 5.97 Å². The molecule has 0 fully saturated rings. The summed E-state index contributed by atoms with van der Waals surface area (Å²) in [6.45, 7) is 6.28. The van der Waals surface area contributed by atoms with Crippen LogP contribution in [0, 0.1) is 0 Å². The Kier molecular flexibility index (Phi) is 12.4. The molecule has 0 unspecified atom stereocenters. The summed E-state index contributed by atoms with van der Waals surface area (Å²) in [5, 5.41) is 9.30. The normalized spacial score (nSPS) is 18.1. The van der Waals surface area contributed by atoms with Crippen molar-refractivity contribution in [3.8, 4) is 0 Å². The van der Waals surface area contributed by atoms with Gasteiger partial charge in [0.15, 0.2) is 0 Å². The molecule has 2 aliphatic heterocycles. The lowest BCUT2D eigenvalue weighted by Gasteiger charge is -2.46. The summed E-state index contributed by atoms with van der Waals surface area (Å²) in [6, 6.07) is 9.31. The maximum Gasteiger partial charge on any atom is 0.303 e. The SMILES string of the molecule is CC1(C)c2cc3c(cc2C(=NCC(S(=O)(=O)O)S(=O)(=O)O)c2cc4c(cc21)N(Cc1ccc(S(=O)(=O)O)cc1S(=O)(=O)O)C(C)(C)C=C4CS(=O)(=O)O)CCCN3CCCC(=O)O. The molecule has 0 atom stereocenters. The highest BCUT2D eigenvalue weighted by molar-refractivity contribution is 8.04. The van der Waals surface area contributed by atoms with Gasteiger partial charge in [-0.15, -0.1) is 0 Å². The Morgan fingerprint density at radius 3 is 1.94 bits per heavy atom. The Morgan fingerprint density at radius 2 is 1.38 bits per heavy atom. The van der Waals surface area contributed by atoms with Crippen molar-refractivity contribution in [1.82, 2.24) is 0 Å². The van der Waals surface area contributed by atoms with Gasteiger partial charge in [-0.25, -0.2) is 0 Å². The summed E-state index contributed by atoms with van der Waals surface area (Å²) in [6.07, 6.45) is 2.92. The zero-order valence-corrected chi connectivity index (χ0v) is 38.2. The molecule has 1 aliphatic carbocycles. The van der Waals surface area contributed by atoms with Gasteiger partial charge in [0.05, 0.1) is 22.7 Å². The summed E-state index contributed by atoms with van der Waals surface area (Å²) in [4.78, 5) is 17.7. The van der Waals surface area contributed by atoms with Crippen molar-refractivity contribution >= 4 is 79.2 Å². The van der Waals surface area contributed by atoms with E-state index in [2.05, 4.69) is 4.99 Å². The molecule has 6 N–H and O–H groups in total. The third kappa shape index (κ3) is 10.0. The number of nitrogens with zero attached hydrogens (tertiary/aromatic N) is 3. The molecule has 20 nitrogen and oxygen atoms in total. The topological polar surface area (TPSA) is 328 Å². The second-order valence-corrected chi connectivity index (χ2v) is 24.4. The molecule has 0 saturated heterocycles. The molecule has 0 spiro atoms. The summed E-state index contributed by atoms with van der Waals surface area (Å²) in [5.74, 6) is -1.91. The molecule has 25 heteroatoms. The van der Waals surface area contributed by atoms with E-state index in [-0.39, 0.29) is 40.1 Å². The second kappa shape index (κ2) is 16.3. The van der Waals surface area contributed by atoms with E-state index < -0.39 is 101 Å².